The standard InChI is InChI=1S/C13H15IO2Si/c1-9-10(5-6-17(2,3)4)7-11(14)8-12(9)13(15)16/h7-8H,1-4H3,(H,15,16). The van der Waals surface area contributed by atoms with Crippen LogP contribution in [0.25, 0.3) is 0 Å². The molecule has 1 aromatic carbocycles. The normalized spacial score (nSPS) is 10.6. The van der Waals surface area contributed by atoms with Crippen LogP contribution >= 0.6 is 22.6 Å². The monoisotopic (exact) mass is 358 g/mol. The summed E-state index contributed by atoms with van der Waals surface area (Å²) in [5.74, 6) is 2.24. The van der Waals surface area contributed by atoms with E-state index in [0.717, 1.165) is 14.7 Å². The van der Waals surface area contributed by atoms with Gasteiger partial charge in [-0.15, -0.1) is 5.54 Å². The SMILES string of the molecule is Cc1c(C#C[Si](C)(C)C)cc(I)cc1C(=O)O. The fourth-order valence-corrected chi connectivity index (χ4v) is 2.42. The number of benzene rings is 1. The summed E-state index contributed by atoms with van der Waals surface area (Å²) in [7, 11) is -1.44. The molecular weight excluding hydrogens is 343 g/mol. The second-order valence-corrected chi connectivity index (χ2v) is 10.9. The molecule has 90 valence electrons. The number of carboxylic acids is 1. The van der Waals surface area contributed by atoms with Gasteiger partial charge in [-0.25, -0.2) is 4.79 Å². The number of hydrogen-bond donors (Lipinski definition) is 1. The highest BCUT2D eigenvalue weighted by Gasteiger charge is 2.12. The summed E-state index contributed by atoms with van der Waals surface area (Å²) in [5, 5.41) is 9.10. The summed E-state index contributed by atoms with van der Waals surface area (Å²) in [4.78, 5) is 11.1. The van der Waals surface area contributed by atoms with Gasteiger partial charge in [-0.05, 0) is 47.2 Å². The number of carboxylic acid groups (broad SMARTS) is 1. The van der Waals surface area contributed by atoms with Crippen LogP contribution in [0, 0.1) is 22.0 Å². The molecule has 1 rings (SSSR count). The summed E-state index contributed by atoms with van der Waals surface area (Å²) < 4.78 is 0.908. The van der Waals surface area contributed by atoms with Crippen molar-refractivity contribution in [1.82, 2.24) is 0 Å². The lowest BCUT2D eigenvalue weighted by atomic mass is 10.0. The van der Waals surface area contributed by atoms with Crippen molar-refractivity contribution in [2.24, 2.45) is 0 Å². The van der Waals surface area contributed by atoms with Crippen molar-refractivity contribution >= 4 is 36.6 Å². The average Bonchev–Trinajstić information content (AvgIpc) is 2.17. The largest absolute Gasteiger partial charge is 0.478 e. The van der Waals surface area contributed by atoms with Crippen LogP contribution in [0.4, 0.5) is 0 Å². The topological polar surface area (TPSA) is 37.3 Å². The highest BCUT2D eigenvalue weighted by atomic mass is 127. The fraction of sp³-hybridized carbons (Fsp3) is 0.308. The van der Waals surface area contributed by atoms with E-state index < -0.39 is 14.0 Å². The van der Waals surface area contributed by atoms with Crippen LogP contribution in [0.3, 0.4) is 0 Å². The van der Waals surface area contributed by atoms with Gasteiger partial charge in [0.05, 0.1) is 5.56 Å². The molecule has 0 radical (unpaired) electrons. The molecular formula is C13H15IO2Si. The molecule has 17 heavy (non-hydrogen) atoms. The average molecular weight is 358 g/mol. The molecule has 0 saturated heterocycles. The number of halogens is 1. The Bertz CT molecular complexity index is 519. The zero-order chi connectivity index (χ0) is 13.2. The minimum Gasteiger partial charge on any atom is -0.478 e. The molecule has 0 unspecified atom stereocenters. The maximum atomic E-state index is 11.1. The second-order valence-electron chi connectivity index (χ2n) is 4.93. The van der Waals surface area contributed by atoms with Gasteiger partial charge < -0.3 is 5.11 Å². The smallest absolute Gasteiger partial charge is 0.336 e. The van der Waals surface area contributed by atoms with Gasteiger partial charge in [0.1, 0.15) is 8.07 Å². The third kappa shape index (κ3) is 4.17. The summed E-state index contributed by atoms with van der Waals surface area (Å²) in [6.45, 7) is 8.32. The van der Waals surface area contributed by atoms with E-state index in [4.69, 9.17) is 5.11 Å². The molecule has 0 amide bonds. The number of rotatable bonds is 1. The molecule has 0 bridgehead atoms. The van der Waals surface area contributed by atoms with Crippen molar-refractivity contribution in [3.63, 3.8) is 0 Å². The Labute approximate surface area is 117 Å². The van der Waals surface area contributed by atoms with Crippen LogP contribution in [-0.4, -0.2) is 19.1 Å². The summed E-state index contributed by atoms with van der Waals surface area (Å²) in [5.41, 5.74) is 5.19. The molecule has 0 heterocycles. The van der Waals surface area contributed by atoms with Crippen LogP contribution in [-0.2, 0) is 0 Å². The highest BCUT2D eigenvalue weighted by molar-refractivity contribution is 14.1. The Morgan fingerprint density at radius 3 is 2.41 bits per heavy atom. The van der Waals surface area contributed by atoms with Gasteiger partial charge in [0.2, 0.25) is 0 Å². The van der Waals surface area contributed by atoms with E-state index in [2.05, 4.69) is 53.7 Å². The molecule has 0 aromatic heterocycles. The van der Waals surface area contributed by atoms with Gasteiger partial charge in [-0.3, -0.25) is 0 Å². The number of hydrogen-bond acceptors (Lipinski definition) is 1. The van der Waals surface area contributed by atoms with Crippen LogP contribution in [0.2, 0.25) is 19.6 Å². The Hall–Kier alpha value is -0.803. The molecule has 0 saturated carbocycles. The van der Waals surface area contributed by atoms with Crippen LogP contribution in [0.15, 0.2) is 12.1 Å². The van der Waals surface area contributed by atoms with Crippen molar-refractivity contribution in [3.8, 4) is 11.5 Å². The first-order chi connectivity index (χ1) is 7.70. The molecule has 1 N–H and O–H groups in total. The Balaban J connectivity index is 3.34. The van der Waals surface area contributed by atoms with E-state index in [0.29, 0.717) is 5.56 Å². The zero-order valence-corrected chi connectivity index (χ0v) is 13.5. The summed E-state index contributed by atoms with van der Waals surface area (Å²) in [6.07, 6.45) is 0. The molecule has 1 aromatic rings. The molecule has 0 aliphatic rings. The van der Waals surface area contributed by atoms with Crippen molar-refractivity contribution in [1.29, 1.82) is 0 Å². The lowest BCUT2D eigenvalue weighted by Crippen LogP contribution is -2.16. The number of carbonyl (C=O) groups is 1. The van der Waals surface area contributed by atoms with E-state index in [-0.39, 0.29) is 0 Å². The molecule has 0 spiro atoms. The lowest BCUT2D eigenvalue weighted by molar-refractivity contribution is 0.0696. The zero-order valence-electron chi connectivity index (χ0n) is 10.4. The maximum Gasteiger partial charge on any atom is 0.336 e. The Morgan fingerprint density at radius 2 is 1.94 bits per heavy atom. The maximum absolute atomic E-state index is 11.1. The predicted molar refractivity (Wildman–Crippen MR) is 81.1 cm³/mol. The molecule has 0 aliphatic carbocycles. The summed E-state index contributed by atoms with van der Waals surface area (Å²) in [6, 6.07) is 3.62. The Kier molecular flexibility index (Phi) is 4.39. The molecule has 0 aliphatic heterocycles. The minimum atomic E-state index is -1.44. The third-order valence-electron chi connectivity index (χ3n) is 2.18. The van der Waals surface area contributed by atoms with Gasteiger partial charge >= 0.3 is 5.97 Å². The van der Waals surface area contributed by atoms with Crippen LogP contribution < -0.4 is 0 Å². The summed E-state index contributed by atoms with van der Waals surface area (Å²) >= 11 is 2.12. The molecule has 0 fully saturated rings. The first-order valence-corrected chi connectivity index (χ1v) is 9.85. The van der Waals surface area contributed by atoms with E-state index in [1.807, 2.05) is 13.0 Å². The highest BCUT2D eigenvalue weighted by Crippen LogP contribution is 2.18. The van der Waals surface area contributed by atoms with Gasteiger partial charge in [0.15, 0.2) is 0 Å². The van der Waals surface area contributed by atoms with E-state index in [1.54, 1.807) is 6.07 Å². The van der Waals surface area contributed by atoms with Crippen molar-refractivity contribution < 1.29 is 9.90 Å². The van der Waals surface area contributed by atoms with Gasteiger partial charge in [-0.1, -0.05) is 25.6 Å². The van der Waals surface area contributed by atoms with Gasteiger partial charge in [0.25, 0.3) is 0 Å². The minimum absolute atomic E-state index is 0.344. The van der Waals surface area contributed by atoms with E-state index in [9.17, 15) is 4.79 Å². The first kappa shape index (κ1) is 14.3. The van der Waals surface area contributed by atoms with Gasteiger partial charge in [0, 0.05) is 9.13 Å². The number of aromatic carboxylic acids is 1. The van der Waals surface area contributed by atoms with Crippen molar-refractivity contribution in [2.75, 3.05) is 0 Å². The predicted octanol–water partition coefficient (Wildman–Crippen LogP) is 3.53. The van der Waals surface area contributed by atoms with Crippen molar-refractivity contribution in [2.45, 2.75) is 26.6 Å². The molecule has 2 nitrogen and oxygen atoms in total. The fourth-order valence-electron chi connectivity index (χ4n) is 1.29. The van der Waals surface area contributed by atoms with Gasteiger partial charge in [-0.2, -0.15) is 0 Å². The van der Waals surface area contributed by atoms with Crippen LogP contribution in [0.1, 0.15) is 21.5 Å². The van der Waals surface area contributed by atoms with E-state index in [1.165, 1.54) is 0 Å². The Morgan fingerprint density at radius 1 is 1.35 bits per heavy atom. The van der Waals surface area contributed by atoms with Crippen LogP contribution in [0.5, 0.6) is 0 Å². The third-order valence-corrected chi connectivity index (χ3v) is 3.67. The first-order valence-electron chi connectivity index (χ1n) is 5.27. The quantitative estimate of drug-likeness (QED) is 0.474. The molecule has 0 atom stereocenters. The molecule has 4 heteroatoms. The second kappa shape index (κ2) is 5.23. The van der Waals surface area contributed by atoms with Crippen molar-refractivity contribution in [3.05, 3.63) is 32.4 Å². The lowest BCUT2D eigenvalue weighted by Gasteiger charge is -2.07. The van der Waals surface area contributed by atoms with E-state index >= 15 is 0 Å².